The maximum Gasteiger partial charge on any atom is 0.317 e. The number of pyridine rings is 1. The number of nitrogens with one attached hydrogen (secondary N) is 2. The van der Waals surface area contributed by atoms with Gasteiger partial charge in [-0.1, -0.05) is 35.9 Å². The number of aliphatic imine (C=N–C) groups is 1. The van der Waals surface area contributed by atoms with Gasteiger partial charge in [0, 0.05) is 25.7 Å². The van der Waals surface area contributed by atoms with Crippen LogP contribution >= 0.6 is 0 Å². The van der Waals surface area contributed by atoms with Crippen molar-refractivity contribution in [2.24, 2.45) is 4.99 Å². The normalized spacial score (nSPS) is 11.0. The number of amides is 3. The molecule has 3 aromatic rings. The van der Waals surface area contributed by atoms with Gasteiger partial charge in [-0.2, -0.15) is 9.37 Å². The molecule has 1 aromatic heterocycles. The third-order valence-corrected chi connectivity index (χ3v) is 5.34. The number of nitrogens with zero attached hydrogens (tertiary/aromatic N) is 3. The quantitative estimate of drug-likeness (QED) is 0.129. The molecular formula is C28H32FN5O5. The Kier molecular flexibility index (Phi) is 12.6. The number of methoxy groups -OCH3 is 1. The second-order valence-corrected chi connectivity index (χ2v) is 8.32. The Bertz CT molecular complexity index is 1240. The van der Waals surface area contributed by atoms with Crippen LogP contribution in [0, 0.1) is 12.9 Å². The first-order valence-corrected chi connectivity index (χ1v) is 12.0. The largest absolute Gasteiger partial charge is 0.469 e. The highest BCUT2D eigenvalue weighted by molar-refractivity contribution is 5.76. The number of aryl methyl sites for hydroxylation is 1. The SMILES string of the molecule is COC(=O)C[C@@H](C)N(C)C(=O)NCc1ccc(C)cc1.O=CNC=Nc1ccc(Oc2cccc(F)n2)cc1. The van der Waals surface area contributed by atoms with E-state index in [1.54, 1.807) is 37.4 Å². The Hall–Kier alpha value is -4.80. The van der Waals surface area contributed by atoms with Crippen molar-refractivity contribution in [2.45, 2.75) is 32.9 Å². The van der Waals surface area contributed by atoms with Gasteiger partial charge in [-0.05, 0) is 49.7 Å². The second-order valence-electron chi connectivity index (χ2n) is 8.32. The predicted octanol–water partition coefficient (Wildman–Crippen LogP) is 4.51. The average Bonchev–Trinajstić information content (AvgIpc) is 2.93. The number of urea groups is 1. The molecule has 3 amide bonds. The van der Waals surface area contributed by atoms with Gasteiger partial charge in [0.1, 0.15) is 5.75 Å². The van der Waals surface area contributed by atoms with E-state index in [9.17, 15) is 18.8 Å². The molecule has 10 nitrogen and oxygen atoms in total. The van der Waals surface area contributed by atoms with Crippen molar-refractivity contribution in [3.8, 4) is 11.6 Å². The molecule has 0 radical (unpaired) electrons. The first kappa shape index (κ1) is 30.4. The minimum atomic E-state index is -0.598. The molecule has 0 aliphatic heterocycles. The lowest BCUT2D eigenvalue weighted by Crippen LogP contribution is -2.43. The van der Waals surface area contributed by atoms with Crippen molar-refractivity contribution in [2.75, 3.05) is 14.2 Å². The molecule has 1 heterocycles. The Labute approximate surface area is 226 Å². The van der Waals surface area contributed by atoms with Crippen molar-refractivity contribution in [1.29, 1.82) is 0 Å². The van der Waals surface area contributed by atoms with Crippen molar-refractivity contribution >= 4 is 30.4 Å². The Morgan fingerprint density at radius 1 is 1.10 bits per heavy atom. The molecule has 1 atom stereocenters. The number of carbonyl (C=O) groups excluding carboxylic acids is 3. The average molecular weight is 538 g/mol. The van der Waals surface area contributed by atoms with Crippen LogP contribution in [0.4, 0.5) is 14.9 Å². The second kappa shape index (κ2) is 16.1. The number of benzene rings is 2. The van der Waals surface area contributed by atoms with Gasteiger partial charge in [-0.3, -0.25) is 9.59 Å². The lowest BCUT2D eigenvalue weighted by molar-refractivity contribution is -0.141. The zero-order valence-corrected chi connectivity index (χ0v) is 22.3. The number of esters is 1. The van der Waals surface area contributed by atoms with Crippen LogP contribution in [0.5, 0.6) is 11.6 Å². The number of aromatic nitrogens is 1. The van der Waals surface area contributed by atoms with E-state index in [0.29, 0.717) is 24.4 Å². The number of ether oxygens (including phenoxy) is 2. The van der Waals surface area contributed by atoms with Crippen LogP contribution in [0.25, 0.3) is 0 Å². The standard InChI is InChI=1S/C15H22N2O3.C13H10FN3O2/c1-11-5-7-13(8-6-11)10-16-15(19)17(3)12(2)9-14(18)20-4;14-12-2-1-3-13(17-12)19-11-6-4-10(5-7-11)16-8-15-9-18/h5-8,12H,9-10H2,1-4H3,(H,16,19);1-9H,(H,15,16,18)/t12-;/m1./s1. The highest BCUT2D eigenvalue weighted by atomic mass is 19.1. The van der Waals surface area contributed by atoms with E-state index in [0.717, 1.165) is 5.56 Å². The molecule has 0 unspecified atom stereocenters. The van der Waals surface area contributed by atoms with Gasteiger partial charge in [0.05, 0.1) is 25.6 Å². The first-order valence-electron chi connectivity index (χ1n) is 12.0. The van der Waals surface area contributed by atoms with E-state index in [2.05, 4.69) is 25.3 Å². The summed E-state index contributed by atoms with van der Waals surface area (Å²) in [6, 6.07) is 18.6. The molecule has 0 fully saturated rings. The van der Waals surface area contributed by atoms with Crippen LogP contribution in [0.2, 0.25) is 0 Å². The zero-order valence-electron chi connectivity index (χ0n) is 22.3. The molecule has 0 aliphatic carbocycles. The summed E-state index contributed by atoms with van der Waals surface area (Å²) >= 11 is 0. The number of hydrogen-bond donors (Lipinski definition) is 2. The molecule has 11 heteroatoms. The van der Waals surface area contributed by atoms with E-state index in [4.69, 9.17) is 4.74 Å². The Morgan fingerprint density at radius 3 is 2.41 bits per heavy atom. The summed E-state index contributed by atoms with van der Waals surface area (Å²) < 4.78 is 22.8. The molecule has 2 aromatic carbocycles. The van der Waals surface area contributed by atoms with Gasteiger partial charge < -0.3 is 25.0 Å². The van der Waals surface area contributed by atoms with Crippen molar-refractivity contribution in [1.82, 2.24) is 20.5 Å². The van der Waals surface area contributed by atoms with Crippen molar-refractivity contribution in [3.05, 3.63) is 83.8 Å². The highest BCUT2D eigenvalue weighted by Gasteiger charge is 2.18. The topological polar surface area (TPSA) is 122 Å². The lowest BCUT2D eigenvalue weighted by Gasteiger charge is -2.24. The van der Waals surface area contributed by atoms with Crippen LogP contribution in [-0.4, -0.2) is 54.8 Å². The van der Waals surface area contributed by atoms with Gasteiger partial charge in [0.15, 0.2) is 0 Å². The summed E-state index contributed by atoms with van der Waals surface area (Å²) in [6.07, 6.45) is 1.98. The smallest absolute Gasteiger partial charge is 0.317 e. The number of hydrogen-bond acceptors (Lipinski definition) is 7. The number of halogens is 1. The first-order chi connectivity index (χ1) is 18.7. The molecule has 0 spiro atoms. The fourth-order valence-corrected chi connectivity index (χ4v) is 2.98. The fourth-order valence-electron chi connectivity index (χ4n) is 2.98. The maximum atomic E-state index is 12.9. The summed E-state index contributed by atoms with van der Waals surface area (Å²) in [4.78, 5) is 42.2. The Balaban J connectivity index is 0.000000274. The van der Waals surface area contributed by atoms with Gasteiger partial charge in [-0.15, -0.1) is 0 Å². The van der Waals surface area contributed by atoms with Gasteiger partial charge in [0.2, 0.25) is 18.2 Å². The van der Waals surface area contributed by atoms with Gasteiger partial charge in [0.25, 0.3) is 0 Å². The Morgan fingerprint density at radius 2 is 1.79 bits per heavy atom. The number of carbonyl (C=O) groups is 3. The molecule has 3 rings (SSSR count). The van der Waals surface area contributed by atoms with Crippen LogP contribution in [0.3, 0.4) is 0 Å². The monoisotopic (exact) mass is 537 g/mol. The maximum absolute atomic E-state index is 12.9. The van der Waals surface area contributed by atoms with Crippen LogP contribution in [-0.2, 0) is 20.9 Å². The third-order valence-electron chi connectivity index (χ3n) is 5.34. The summed E-state index contributed by atoms with van der Waals surface area (Å²) in [5.41, 5.74) is 2.87. The summed E-state index contributed by atoms with van der Waals surface area (Å²) in [6.45, 7) is 4.29. The molecule has 39 heavy (non-hydrogen) atoms. The highest BCUT2D eigenvalue weighted by Crippen LogP contribution is 2.22. The molecule has 0 saturated carbocycles. The molecule has 0 saturated heterocycles. The molecule has 0 bridgehead atoms. The van der Waals surface area contributed by atoms with E-state index in [-0.39, 0.29) is 30.3 Å². The van der Waals surface area contributed by atoms with Crippen molar-refractivity contribution in [3.63, 3.8) is 0 Å². The van der Waals surface area contributed by atoms with E-state index in [1.165, 1.54) is 36.0 Å². The lowest BCUT2D eigenvalue weighted by atomic mass is 10.1. The summed E-state index contributed by atoms with van der Waals surface area (Å²) in [5.74, 6) is -0.228. The molecule has 2 N–H and O–H groups in total. The van der Waals surface area contributed by atoms with E-state index < -0.39 is 5.95 Å². The zero-order chi connectivity index (χ0) is 28.6. The van der Waals surface area contributed by atoms with Crippen molar-refractivity contribution < 1.29 is 28.2 Å². The third kappa shape index (κ3) is 11.4. The summed E-state index contributed by atoms with van der Waals surface area (Å²) in [5, 5.41) is 5.13. The molecule has 206 valence electrons. The van der Waals surface area contributed by atoms with Crippen LogP contribution in [0.1, 0.15) is 24.5 Å². The minimum Gasteiger partial charge on any atom is -0.469 e. The summed E-state index contributed by atoms with van der Waals surface area (Å²) in [7, 11) is 3.00. The minimum absolute atomic E-state index is 0.180. The molecule has 0 aliphatic rings. The predicted molar refractivity (Wildman–Crippen MR) is 145 cm³/mol. The van der Waals surface area contributed by atoms with E-state index >= 15 is 0 Å². The van der Waals surface area contributed by atoms with Gasteiger partial charge >= 0.3 is 12.0 Å². The molecular weight excluding hydrogens is 505 g/mol. The van der Waals surface area contributed by atoms with Crippen LogP contribution < -0.4 is 15.4 Å². The fraction of sp³-hybridized carbons (Fsp3) is 0.250. The van der Waals surface area contributed by atoms with Crippen LogP contribution in [0.15, 0.2) is 71.7 Å². The number of rotatable bonds is 10. The van der Waals surface area contributed by atoms with E-state index in [1.807, 2.05) is 38.1 Å². The van der Waals surface area contributed by atoms with Gasteiger partial charge in [-0.25, -0.2) is 9.79 Å².